The minimum absolute atomic E-state index is 0.00238. The summed E-state index contributed by atoms with van der Waals surface area (Å²) in [6.07, 6.45) is 1.04. The van der Waals surface area contributed by atoms with Crippen LogP contribution in [-0.2, 0) is 9.47 Å². The fourth-order valence-electron chi connectivity index (χ4n) is 1.03. The zero-order chi connectivity index (χ0) is 9.03. The van der Waals surface area contributed by atoms with Gasteiger partial charge in [0, 0.05) is 7.11 Å². The van der Waals surface area contributed by atoms with E-state index in [1.165, 1.54) is 0 Å². The summed E-state index contributed by atoms with van der Waals surface area (Å²) in [5, 5.41) is 3.40. The Hall–Kier alpha value is -0.120. The SMILES string of the molecule is COC(C)(C)CCNC1COC1. The van der Waals surface area contributed by atoms with Crippen molar-refractivity contribution >= 4 is 0 Å². The highest BCUT2D eigenvalue weighted by Crippen LogP contribution is 2.12. The van der Waals surface area contributed by atoms with Crippen molar-refractivity contribution in [2.75, 3.05) is 26.9 Å². The second-order valence-corrected chi connectivity index (χ2v) is 3.90. The monoisotopic (exact) mass is 173 g/mol. The second kappa shape index (κ2) is 4.21. The lowest BCUT2D eigenvalue weighted by molar-refractivity contribution is -0.0143. The Balaban J connectivity index is 2.00. The molecule has 1 saturated heterocycles. The van der Waals surface area contributed by atoms with Crippen LogP contribution in [0.3, 0.4) is 0 Å². The Labute approximate surface area is 74.4 Å². The highest BCUT2D eigenvalue weighted by molar-refractivity contribution is 4.75. The predicted octanol–water partition coefficient (Wildman–Crippen LogP) is 0.790. The molecule has 0 aromatic rings. The van der Waals surface area contributed by atoms with Gasteiger partial charge < -0.3 is 14.8 Å². The van der Waals surface area contributed by atoms with E-state index in [4.69, 9.17) is 9.47 Å². The van der Waals surface area contributed by atoms with E-state index in [9.17, 15) is 0 Å². The molecule has 0 spiro atoms. The third-order valence-corrected chi connectivity index (χ3v) is 2.35. The van der Waals surface area contributed by atoms with Gasteiger partial charge in [-0.2, -0.15) is 0 Å². The molecule has 0 aromatic heterocycles. The van der Waals surface area contributed by atoms with E-state index in [0.717, 1.165) is 26.2 Å². The molecular weight excluding hydrogens is 154 g/mol. The standard InChI is InChI=1S/C9H19NO2/c1-9(2,11-3)4-5-10-8-6-12-7-8/h8,10H,4-7H2,1-3H3. The van der Waals surface area contributed by atoms with Gasteiger partial charge in [-0.1, -0.05) is 0 Å². The zero-order valence-corrected chi connectivity index (χ0v) is 8.22. The molecule has 72 valence electrons. The van der Waals surface area contributed by atoms with Crippen molar-refractivity contribution in [3.8, 4) is 0 Å². The Morgan fingerprint density at radius 2 is 2.17 bits per heavy atom. The van der Waals surface area contributed by atoms with Crippen molar-refractivity contribution in [1.29, 1.82) is 0 Å². The van der Waals surface area contributed by atoms with Gasteiger partial charge in [0.15, 0.2) is 0 Å². The summed E-state index contributed by atoms with van der Waals surface area (Å²) in [5.41, 5.74) is -0.00238. The first-order valence-corrected chi connectivity index (χ1v) is 4.50. The maximum Gasteiger partial charge on any atom is 0.0643 e. The van der Waals surface area contributed by atoms with Crippen LogP contribution in [-0.4, -0.2) is 38.5 Å². The molecule has 1 rings (SSSR count). The van der Waals surface area contributed by atoms with Crippen molar-refractivity contribution in [3.05, 3.63) is 0 Å². The summed E-state index contributed by atoms with van der Waals surface area (Å²) in [6, 6.07) is 0.581. The second-order valence-electron chi connectivity index (χ2n) is 3.90. The fourth-order valence-corrected chi connectivity index (χ4v) is 1.03. The summed E-state index contributed by atoms with van der Waals surface area (Å²) < 4.78 is 10.3. The first kappa shape index (κ1) is 9.96. The van der Waals surface area contributed by atoms with Crippen LogP contribution in [0.25, 0.3) is 0 Å². The lowest BCUT2D eigenvalue weighted by atomic mass is 10.1. The summed E-state index contributed by atoms with van der Waals surface area (Å²) in [6.45, 7) is 6.95. The molecule has 12 heavy (non-hydrogen) atoms. The summed E-state index contributed by atoms with van der Waals surface area (Å²) >= 11 is 0. The fraction of sp³-hybridized carbons (Fsp3) is 1.00. The van der Waals surface area contributed by atoms with Gasteiger partial charge in [0.05, 0.1) is 24.9 Å². The van der Waals surface area contributed by atoms with Crippen molar-refractivity contribution in [1.82, 2.24) is 5.32 Å². The molecule has 1 aliphatic rings. The van der Waals surface area contributed by atoms with Crippen molar-refractivity contribution in [2.24, 2.45) is 0 Å². The first-order valence-electron chi connectivity index (χ1n) is 4.50. The topological polar surface area (TPSA) is 30.5 Å². The molecule has 0 unspecified atom stereocenters. The normalized spacial score (nSPS) is 19.2. The molecule has 0 radical (unpaired) electrons. The molecule has 1 aliphatic heterocycles. The van der Waals surface area contributed by atoms with Crippen molar-refractivity contribution in [2.45, 2.75) is 31.9 Å². The van der Waals surface area contributed by atoms with Crippen LogP contribution < -0.4 is 5.32 Å². The molecule has 1 heterocycles. The minimum atomic E-state index is -0.00238. The van der Waals surface area contributed by atoms with E-state index in [1.807, 2.05) is 0 Å². The number of methoxy groups -OCH3 is 1. The minimum Gasteiger partial charge on any atom is -0.379 e. The van der Waals surface area contributed by atoms with Crippen LogP contribution in [0, 0.1) is 0 Å². The number of hydrogen-bond donors (Lipinski definition) is 1. The van der Waals surface area contributed by atoms with E-state index in [0.29, 0.717) is 6.04 Å². The van der Waals surface area contributed by atoms with Gasteiger partial charge in [0.1, 0.15) is 0 Å². The number of ether oxygens (including phenoxy) is 2. The average molecular weight is 173 g/mol. The molecule has 0 atom stereocenters. The van der Waals surface area contributed by atoms with Gasteiger partial charge in [-0.15, -0.1) is 0 Å². The predicted molar refractivity (Wildman–Crippen MR) is 48.3 cm³/mol. The maximum atomic E-state index is 5.30. The van der Waals surface area contributed by atoms with Gasteiger partial charge in [-0.25, -0.2) is 0 Å². The van der Waals surface area contributed by atoms with Crippen molar-refractivity contribution in [3.63, 3.8) is 0 Å². The highest BCUT2D eigenvalue weighted by atomic mass is 16.5. The quantitative estimate of drug-likeness (QED) is 0.666. The third kappa shape index (κ3) is 3.09. The molecule has 0 aromatic carbocycles. The van der Waals surface area contributed by atoms with Crippen molar-refractivity contribution < 1.29 is 9.47 Å². The van der Waals surface area contributed by atoms with Gasteiger partial charge >= 0.3 is 0 Å². The van der Waals surface area contributed by atoms with E-state index >= 15 is 0 Å². The van der Waals surface area contributed by atoms with Gasteiger partial charge in [0.25, 0.3) is 0 Å². The molecule has 0 aliphatic carbocycles. The highest BCUT2D eigenvalue weighted by Gasteiger charge is 2.20. The van der Waals surface area contributed by atoms with E-state index in [-0.39, 0.29) is 5.60 Å². The Morgan fingerprint density at radius 1 is 1.50 bits per heavy atom. The van der Waals surface area contributed by atoms with E-state index < -0.39 is 0 Å². The Kier molecular flexibility index (Phi) is 3.50. The largest absolute Gasteiger partial charge is 0.379 e. The molecule has 0 bridgehead atoms. The third-order valence-electron chi connectivity index (χ3n) is 2.35. The van der Waals surface area contributed by atoms with Crippen LogP contribution in [0.5, 0.6) is 0 Å². The molecule has 3 heteroatoms. The summed E-state index contributed by atoms with van der Waals surface area (Å²) in [4.78, 5) is 0. The van der Waals surface area contributed by atoms with Crippen LogP contribution >= 0.6 is 0 Å². The average Bonchev–Trinajstić information content (AvgIpc) is 1.95. The lowest BCUT2D eigenvalue weighted by Crippen LogP contribution is -2.47. The maximum absolute atomic E-state index is 5.30. The molecule has 1 N–H and O–H groups in total. The zero-order valence-electron chi connectivity index (χ0n) is 8.22. The number of hydrogen-bond acceptors (Lipinski definition) is 3. The van der Waals surface area contributed by atoms with Gasteiger partial charge in [-0.3, -0.25) is 0 Å². The van der Waals surface area contributed by atoms with Crippen LogP contribution in [0.15, 0.2) is 0 Å². The first-order chi connectivity index (χ1) is 5.64. The molecule has 3 nitrogen and oxygen atoms in total. The van der Waals surface area contributed by atoms with E-state index in [1.54, 1.807) is 7.11 Å². The summed E-state index contributed by atoms with van der Waals surface area (Å²) in [7, 11) is 1.76. The molecule has 1 fully saturated rings. The van der Waals surface area contributed by atoms with Crippen LogP contribution in [0.4, 0.5) is 0 Å². The Morgan fingerprint density at radius 3 is 2.58 bits per heavy atom. The van der Waals surface area contributed by atoms with Gasteiger partial charge in [0.2, 0.25) is 0 Å². The van der Waals surface area contributed by atoms with Crippen LogP contribution in [0.1, 0.15) is 20.3 Å². The lowest BCUT2D eigenvalue weighted by Gasteiger charge is -2.29. The molecule has 0 saturated carbocycles. The number of rotatable bonds is 5. The number of nitrogens with one attached hydrogen (secondary N) is 1. The molecular formula is C9H19NO2. The smallest absolute Gasteiger partial charge is 0.0643 e. The Bertz CT molecular complexity index is 132. The summed E-state index contributed by atoms with van der Waals surface area (Å²) in [5.74, 6) is 0. The van der Waals surface area contributed by atoms with Gasteiger partial charge in [-0.05, 0) is 26.8 Å². The molecule has 0 amide bonds. The van der Waals surface area contributed by atoms with Crippen LogP contribution in [0.2, 0.25) is 0 Å². The van der Waals surface area contributed by atoms with E-state index in [2.05, 4.69) is 19.2 Å².